The fourth-order valence-corrected chi connectivity index (χ4v) is 4.32. The van der Waals surface area contributed by atoms with Crippen molar-refractivity contribution in [1.29, 1.82) is 0 Å². The monoisotopic (exact) mass is 315 g/mol. The molecule has 0 aliphatic carbocycles. The number of hydrogen-bond acceptors (Lipinski definition) is 6. The van der Waals surface area contributed by atoms with E-state index in [0.29, 0.717) is 18.8 Å². The molecule has 21 heavy (non-hydrogen) atoms. The Balaban J connectivity index is 1.69. The van der Waals surface area contributed by atoms with Crippen molar-refractivity contribution in [3.05, 3.63) is 17.9 Å². The molecule has 1 aromatic heterocycles. The van der Waals surface area contributed by atoms with Gasteiger partial charge in [-0.1, -0.05) is 0 Å². The van der Waals surface area contributed by atoms with E-state index < -0.39 is 10.0 Å². The van der Waals surface area contributed by atoms with Crippen molar-refractivity contribution in [3.63, 3.8) is 0 Å². The van der Waals surface area contributed by atoms with Crippen molar-refractivity contribution in [2.24, 2.45) is 5.73 Å². The lowest BCUT2D eigenvalue weighted by Gasteiger charge is -2.31. The van der Waals surface area contributed by atoms with E-state index in [9.17, 15) is 8.42 Å². The summed E-state index contributed by atoms with van der Waals surface area (Å²) < 4.78 is 37.2. The van der Waals surface area contributed by atoms with Gasteiger partial charge in [-0.2, -0.15) is 4.31 Å². The van der Waals surface area contributed by atoms with Crippen molar-refractivity contribution in [1.82, 2.24) is 9.21 Å². The first-order chi connectivity index (χ1) is 10.1. The van der Waals surface area contributed by atoms with Gasteiger partial charge in [-0.05, 0) is 18.6 Å². The topological polar surface area (TPSA) is 89.0 Å². The molecular formula is C13H21N3O4S. The third-order valence-electron chi connectivity index (χ3n) is 4.12. The van der Waals surface area contributed by atoms with Gasteiger partial charge in [0.15, 0.2) is 0 Å². The molecule has 3 rings (SSSR count). The van der Waals surface area contributed by atoms with Gasteiger partial charge in [0, 0.05) is 32.2 Å². The predicted octanol–water partition coefficient (Wildman–Crippen LogP) is -0.166. The second-order valence-electron chi connectivity index (χ2n) is 5.38. The molecule has 2 saturated heterocycles. The minimum absolute atomic E-state index is 0.00872. The van der Waals surface area contributed by atoms with Gasteiger partial charge in [0.1, 0.15) is 5.76 Å². The predicted molar refractivity (Wildman–Crippen MR) is 76.2 cm³/mol. The molecule has 2 N–H and O–H groups in total. The number of ether oxygens (including phenoxy) is 1. The molecule has 2 aliphatic rings. The zero-order chi connectivity index (χ0) is 14.9. The summed E-state index contributed by atoms with van der Waals surface area (Å²) in [6.07, 6.45) is 0.851. The molecule has 1 aromatic rings. The van der Waals surface area contributed by atoms with Crippen molar-refractivity contribution in [2.75, 3.05) is 39.4 Å². The average molecular weight is 315 g/mol. The highest BCUT2D eigenvalue weighted by atomic mass is 32.2. The van der Waals surface area contributed by atoms with Crippen LogP contribution in [0.25, 0.3) is 0 Å². The second-order valence-corrected chi connectivity index (χ2v) is 7.25. The average Bonchev–Trinajstić information content (AvgIpc) is 3.18. The van der Waals surface area contributed by atoms with Crippen LogP contribution in [0.3, 0.4) is 0 Å². The molecule has 0 bridgehead atoms. The van der Waals surface area contributed by atoms with E-state index >= 15 is 0 Å². The van der Waals surface area contributed by atoms with Gasteiger partial charge in [-0.25, -0.2) is 8.42 Å². The highest BCUT2D eigenvalue weighted by Crippen LogP contribution is 2.25. The Morgan fingerprint density at radius 1 is 1.24 bits per heavy atom. The molecule has 1 atom stereocenters. The second kappa shape index (κ2) is 6.05. The Bertz CT molecular complexity index is 580. The summed E-state index contributed by atoms with van der Waals surface area (Å²) >= 11 is 0. The molecule has 0 aromatic carbocycles. The van der Waals surface area contributed by atoms with Crippen LogP contribution in [-0.4, -0.2) is 63.1 Å². The van der Waals surface area contributed by atoms with Crippen LogP contribution >= 0.6 is 0 Å². The summed E-state index contributed by atoms with van der Waals surface area (Å²) in [4.78, 5) is 2.31. The lowest BCUT2D eigenvalue weighted by molar-refractivity contribution is 0.0196. The molecule has 2 aliphatic heterocycles. The fraction of sp³-hybridized carbons (Fsp3) is 0.692. The van der Waals surface area contributed by atoms with E-state index in [0.717, 1.165) is 32.7 Å². The minimum atomic E-state index is -3.55. The number of furan rings is 1. The SMILES string of the molecule is NCc1ccc(S(=O)(=O)N2CCC(N3CCOCC3)C2)o1. The molecule has 118 valence electrons. The van der Waals surface area contributed by atoms with E-state index in [1.807, 2.05) is 0 Å². The lowest BCUT2D eigenvalue weighted by atomic mass is 10.2. The lowest BCUT2D eigenvalue weighted by Crippen LogP contribution is -2.45. The summed E-state index contributed by atoms with van der Waals surface area (Å²) in [5.74, 6) is 0.484. The summed E-state index contributed by atoms with van der Waals surface area (Å²) in [6, 6.07) is 3.37. The number of nitrogens with two attached hydrogens (primary N) is 1. The Hall–Kier alpha value is -0.930. The van der Waals surface area contributed by atoms with Gasteiger partial charge in [-0.15, -0.1) is 0 Å². The molecule has 3 heterocycles. The number of nitrogens with zero attached hydrogens (tertiary/aromatic N) is 2. The number of sulfonamides is 1. The van der Waals surface area contributed by atoms with E-state index in [-0.39, 0.29) is 17.7 Å². The van der Waals surface area contributed by atoms with Crippen molar-refractivity contribution >= 4 is 10.0 Å². The summed E-state index contributed by atoms with van der Waals surface area (Å²) in [6.45, 7) is 4.44. The van der Waals surface area contributed by atoms with Crippen molar-refractivity contribution in [3.8, 4) is 0 Å². The maximum Gasteiger partial charge on any atom is 0.276 e. The van der Waals surface area contributed by atoms with Crippen LogP contribution in [0.4, 0.5) is 0 Å². The first-order valence-corrected chi connectivity index (χ1v) is 8.66. The standard InChI is InChI=1S/C13H21N3O4S/c14-9-12-1-2-13(20-12)21(17,18)16-4-3-11(10-16)15-5-7-19-8-6-15/h1-2,11H,3-10,14H2. The summed E-state index contributed by atoms with van der Waals surface area (Å²) in [7, 11) is -3.55. The van der Waals surface area contributed by atoms with Crippen LogP contribution in [0.5, 0.6) is 0 Å². The maximum absolute atomic E-state index is 12.5. The summed E-state index contributed by atoms with van der Waals surface area (Å²) in [5, 5.41) is -0.00872. The molecule has 0 spiro atoms. The van der Waals surface area contributed by atoms with Gasteiger partial charge in [0.2, 0.25) is 5.09 Å². The molecule has 1 unspecified atom stereocenters. The Morgan fingerprint density at radius 2 is 2.00 bits per heavy atom. The summed E-state index contributed by atoms with van der Waals surface area (Å²) in [5.41, 5.74) is 5.46. The van der Waals surface area contributed by atoms with Gasteiger partial charge in [0.25, 0.3) is 10.0 Å². The van der Waals surface area contributed by atoms with Gasteiger partial charge < -0.3 is 14.9 Å². The highest BCUT2D eigenvalue weighted by Gasteiger charge is 2.37. The van der Waals surface area contributed by atoms with Crippen LogP contribution < -0.4 is 5.73 Å². The largest absolute Gasteiger partial charge is 0.447 e. The molecule has 7 nitrogen and oxygen atoms in total. The molecule has 0 amide bonds. The van der Waals surface area contributed by atoms with E-state index in [4.69, 9.17) is 14.9 Å². The van der Waals surface area contributed by atoms with E-state index in [1.54, 1.807) is 6.07 Å². The van der Waals surface area contributed by atoms with Crippen LogP contribution in [0, 0.1) is 0 Å². The van der Waals surface area contributed by atoms with Gasteiger partial charge >= 0.3 is 0 Å². The van der Waals surface area contributed by atoms with Crippen LogP contribution in [0.15, 0.2) is 21.6 Å². The Kier molecular flexibility index (Phi) is 4.32. The minimum Gasteiger partial charge on any atom is -0.447 e. The molecular weight excluding hydrogens is 294 g/mol. The van der Waals surface area contributed by atoms with Crippen molar-refractivity contribution < 1.29 is 17.6 Å². The third kappa shape index (κ3) is 3.00. The van der Waals surface area contributed by atoms with E-state index in [2.05, 4.69) is 4.90 Å². The van der Waals surface area contributed by atoms with Crippen LogP contribution in [0.2, 0.25) is 0 Å². The van der Waals surface area contributed by atoms with Gasteiger partial charge in [0.05, 0.1) is 19.8 Å². The zero-order valence-electron chi connectivity index (χ0n) is 11.9. The molecule has 0 saturated carbocycles. The highest BCUT2D eigenvalue weighted by molar-refractivity contribution is 7.89. The number of morpholine rings is 1. The first-order valence-electron chi connectivity index (χ1n) is 7.22. The first kappa shape index (κ1) is 15.0. The third-order valence-corrected chi connectivity index (χ3v) is 5.86. The van der Waals surface area contributed by atoms with Crippen LogP contribution in [0.1, 0.15) is 12.2 Å². The molecule has 8 heteroatoms. The molecule has 0 radical (unpaired) electrons. The van der Waals surface area contributed by atoms with Crippen molar-refractivity contribution in [2.45, 2.75) is 24.1 Å². The Morgan fingerprint density at radius 3 is 2.67 bits per heavy atom. The Labute approximate surface area is 124 Å². The molecule has 2 fully saturated rings. The zero-order valence-corrected chi connectivity index (χ0v) is 12.7. The maximum atomic E-state index is 12.5. The number of rotatable bonds is 4. The quantitative estimate of drug-likeness (QED) is 0.830. The fourth-order valence-electron chi connectivity index (χ4n) is 2.90. The van der Waals surface area contributed by atoms with Crippen LogP contribution in [-0.2, 0) is 21.3 Å². The smallest absolute Gasteiger partial charge is 0.276 e. The van der Waals surface area contributed by atoms with Gasteiger partial charge in [-0.3, -0.25) is 4.90 Å². The normalized spacial score (nSPS) is 25.5. The number of hydrogen-bond donors (Lipinski definition) is 1. The van der Waals surface area contributed by atoms with E-state index in [1.165, 1.54) is 10.4 Å².